The number of hydrogen-bond donors (Lipinski definition) is 1. The Morgan fingerprint density at radius 3 is 3.00 bits per heavy atom. The molecular formula is C15H20N2S2. The smallest absolute Gasteiger partial charge is 0.102 e. The van der Waals surface area contributed by atoms with E-state index in [1.807, 2.05) is 30.0 Å². The highest BCUT2D eigenvalue weighted by atomic mass is 32.2. The van der Waals surface area contributed by atoms with Gasteiger partial charge in [0.25, 0.3) is 0 Å². The molecule has 4 heteroatoms. The first-order chi connectivity index (χ1) is 9.18. The molecule has 1 saturated heterocycles. The van der Waals surface area contributed by atoms with Crippen LogP contribution in [0.25, 0.3) is 0 Å². The van der Waals surface area contributed by atoms with Crippen LogP contribution < -0.4 is 5.32 Å². The number of nitrogens with one attached hydrogen (secondary N) is 1. The zero-order valence-corrected chi connectivity index (χ0v) is 13.2. The maximum absolute atomic E-state index is 9.37. The van der Waals surface area contributed by atoms with Gasteiger partial charge in [-0.1, -0.05) is 13.0 Å². The summed E-state index contributed by atoms with van der Waals surface area (Å²) in [7, 11) is 0. The number of nitriles is 1. The fourth-order valence-corrected chi connectivity index (χ4v) is 4.36. The molecule has 0 saturated carbocycles. The average Bonchev–Trinajstić information content (AvgIpc) is 2.84. The Morgan fingerprint density at radius 2 is 2.37 bits per heavy atom. The Labute approximate surface area is 124 Å². The van der Waals surface area contributed by atoms with Crippen LogP contribution in [0.2, 0.25) is 0 Å². The van der Waals surface area contributed by atoms with Crippen molar-refractivity contribution in [2.45, 2.75) is 36.3 Å². The minimum atomic E-state index is 0.320. The van der Waals surface area contributed by atoms with E-state index in [4.69, 9.17) is 0 Å². The molecule has 1 aliphatic rings. The van der Waals surface area contributed by atoms with Crippen molar-refractivity contribution < 1.29 is 0 Å². The predicted molar refractivity (Wildman–Crippen MR) is 86.1 cm³/mol. The molecule has 1 N–H and O–H groups in total. The fourth-order valence-electron chi connectivity index (χ4n) is 2.33. The molecule has 0 radical (unpaired) electrons. The monoisotopic (exact) mass is 292 g/mol. The van der Waals surface area contributed by atoms with Crippen molar-refractivity contribution >= 4 is 29.2 Å². The fraction of sp³-hybridized carbons (Fsp3) is 0.533. The standard InChI is InChI=1S/C15H20N2S2/c1-3-18-14-7-4-6-13(12(14)10-16)17-11-15(2)8-5-9-19-15/h4,6-7,17H,3,5,8-9,11H2,1-2H3. The van der Waals surface area contributed by atoms with Crippen molar-refractivity contribution in [3.8, 4) is 6.07 Å². The molecule has 0 bridgehead atoms. The number of benzene rings is 1. The van der Waals surface area contributed by atoms with E-state index in [0.717, 1.165) is 28.4 Å². The molecule has 1 aromatic carbocycles. The predicted octanol–water partition coefficient (Wildman–Crippen LogP) is 4.37. The third kappa shape index (κ3) is 3.61. The summed E-state index contributed by atoms with van der Waals surface area (Å²) in [6, 6.07) is 8.43. The molecule has 1 aromatic rings. The van der Waals surface area contributed by atoms with E-state index in [1.54, 1.807) is 11.8 Å². The van der Waals surface area contributed by atoms with Crippen LogP contribution in [0.4, 0.5) is 5.69 Å². The Morgan fingerprint density at radius 1 is 1.53 bits per heavy atom. The highest BCUT2D eigenvalue weighted by Crippen LogP contribution is 2.38. The summed E-state index contributed by atoms with van der Waals surface area (Å²) < 4.78 is 0.320. The maximum atomic E-state index is 9.37. The van der Waals surface area contributed by atoms with Gasteiger partial charge in [-0.05, 0) is 43.4 Å². The SMILES string of the molecule is CCSc1cccc(NCC2(C)CCCS2)c1C#N. The quantitative estimate of drug-likeness (QED) is 0.818. The Bertz CT molecular complexity index is 474. The van der Waals surface area contributed by atoms with E-state index in [-0.39, 0.29) is 0 Å². The minimum absolute atomic E-state index is 0.320. The van der Waals surface area contributed by atoms with Gasteiger partial charge in [-0.15, -0.1) is 11.8 Å². The Balaban J connectivity index is 2.11. The molecule has 2 rings (SSSR count). The topological polar surface area (TPSA) is 35.8 Å². The highest BCUT2D eigenvalue weighted by Gasteiger charge is 2.29. The van der Waals surface area contributed by atoms with Gasteiger partial charge in [-0.3, -0.25) is 0 Å². The van der Waals surface area contributed by atoms with E-state index in [2.05, 4.69) is 25.2 Å². The molecule has 19 heavy (non-hydrogen) atoms. The van der Waals surface area contributed by atoms with E-state index in [9.17, 15) is 5.26 Å². The number of nitrogens with zero attached hydrogens (tertiary/aromatic N) is 1. The molecular weight excluding hydrogens is 272 g/mol. The summed E-state index contributed by atoms with van der Waals surface area (Å²) in [5, 5.41) is 12.9. The van der Waals surface area contributed by atoms with Gasteiger partial charge in [0.15, 0.2) is 0 Å². The van der Waals surface area contributed by atoms with E-state index < -0.39 is 0 Å². The first kappa shape index (κ1) is 14.6. The van der Waals surface area contributed by atoms with E-state index in [1.165, 1.54) is 18.6 Å². The van der Waals surface area contributed by atoms with Crippen LogP contribution in [-0.4, -0.2) is 22.8 Å². The van der Waals surface area contributed by atoms with E-state index in [0.29, 0.717) is 4.75 Å². The van der Waals surface area contributed by atoms with Crippen molar-refractivity contribution in [1.29, 1.82) is 5.26 Å². The van der Waals surface area contributed by atoms with E-state index >= 15 is 0 Å². The number of thioether (sulfide) groups is 2. The van der Waals surface area contributed by atoms with Crippen LogP contribution in [0.15, 0.2) is 23.1 Å². The van der Waals surface area contributed by atoms with Gasteiger partial charge in [0.1, 0.15) is 6.07 Å². The lowest BCUT2D eigenvalue weighted by Gasteiger charge is -2.24. The largest absolute Gasteiger partial charge is 0.383 e. The molecule has 0 spiro atoms. The molecule has 0 amide bonds. The second kappa shape index (κ2) is 6.58. The summed E-state index contributed by atoms with van der Waals surface area (Å²) in [4.78, 5) is 1.08. The Kier molecular flexibility index (Phi) is 5.06. The lowest BCUT2D eigenvalue weighted by molar-refractivity contribution is 0.634. The third-order valence-corrected chi connectivity index (χ3v) is 5.87. The van der Waals surface area contributed by atoms with Crippen molar-refractivity contribution in [3.05, 3.63) is 23.8 Å². The molecule has 1 heterocycles. The molecule has 1 atom stereocenters. The van der Waals surface area contributed by atoms with Crippen LogP contribution >= 0.6 is 23.5 Å². The molecule has 0 aliphatic carbocycles. The number of rotatable bonds is 5. The zero-order valence-electron chi connectivity index (χ0n) is 11.5. The van der Waals surface area contributed by atoms with Gasteiger partial charge in [0.05, 0.1) is 11.3 Å². The average molecular weight is 292 g/mol. The van der Waals surface area contributed by atoms with Gasteiger partial charge < -0.3 is 5.32 Å². The van der Waals surface area contributed by atoms with Crippen LogP contribution in [-0.2, 0) is 0 Å². The van der Waals surface area contributed by atoms with Gasteiger partial charge >= 0.3 is 0 Å². The van der Waals surface area contributed by atoms with Crippen molar-refractivity contribution in [3.63, 3.8) is 0 Å². The molecule has 0 aromatic heterocycles. The lowest BCUT2D eigenvalue weighted by Crippen LogP contribution is -2.27. The Hall–Kier alpha value is -0.790. The third-order valence-electron chi connectivity index (χ3n) is 3.39. The van der Waals surface area contributed by atoms with Crippen LogP contribution in [0.3, 0.4) is 0 Å². The molecule has 1 unspecified atom stereocenters. The van der Waals surface area contributed by atoms with Gasteiger partial charge in [0, 0.05) is 16.2 Å². The van der Waals surface area contributed by atoms with Crippen LogP contribution in [0, 0.1) is 11.3 Å². The molecule has 2 nitrogen and oxygen atoms in total. The van der Waals surface area contributed by atoms with Gasteiger partial charge in [-0.25, -0.2) is 0 Å². The van der Waals surface area contributed by atoms with Crippen molar-refractivity contribution in [2.24, 2.45) is 0 Å². The zero-order chi connectivity index (χ0) is 13.7. The van der Waals surface area contributed by atoms with Gasteiger partial charge in [0.2, 0.25) is 0 Å². The molecule has 1 fully saturated rings. The first-order valence-corrected chi connectivity index (χ1v) is 8.69. The number of anilines is 1. The molecule has 1 aliphatic heterocycles. The summed E-state index contributed by atoms with van der Waals surface area (Å²) in [5.74, 6) is 2.25. The second-order valence-corrected chi connectivity index (χ2v) is 7.97. The van der Waals surface area contributed by atoms with Crippen molar-refractivity contribution in [2.75, 3.05) is 23.4 Å². The van der Waals surface area contributed by atoms with Gasteiger partial charge in [-0.2, -0.15) is 17.0 Å². The van der Waals surface area contributed by atoms with Crippen molar-refractivity contribution in [1.82, 2.24) is 0 Å². The van der Waals surface area contributed by atoms with Crippen LogP contribution in [0.5, 0.6) is 0 Å². The summed E-state index contributed by atoms with van der Waals surface area (Å²) >= 11 is 3.77. The second-order valence-electron chi connectivity index (χ2n) is 4.98. The minimum Gasteiger partial charge on any atom is -0.383 e. The lowest BCUT2D eigenvalue weighted by atomic mass is 10.1. The number of hydrogen-bond acceptors (Lipinski definition) is 4. The maximum Gasteiger partial charge on any atom is 0.102 e. The van der Waals surface area contributed by atoms with Crippen LogP contribution in [0.1, 0.15) is 32.3 Å². The first-order valence-electron chi connectivity index (χ1n) is 6.72. The summed E-state index contributed by atoms with van der Waals surface area (Å²) in [6.07, 6.45) is 2.57. The normalized spacial score (nSPS) is 22.2. The molecule has 102 valence electrons. The summed E-state index contributed by atoms with van der Waals surface area (Å²) in [5.41, 5.74) is 1.77. The highest BCUT2D eigenvalue weighted by molar-refractivity contribution is 8.00. The summed E-state index contributed by atoms with van der Waals surface area (Å²) in [6.45, 7) is 5.36.